The smallest absolute Gasteiger partial charge is 0.284 e. The summed E-state index contributed by atoms with van der Waals surface area (Å²) in [7, 11) is 1.58. The van der Waals surface area contributed by atoms with Crippen molar-refractivity contribution in [3.8, 4) is 17.4 Å². The molecule has 0 atom stereocenters. The van der Waals surface area contributed by atoms with Crippen molar-refractivity contribution in [2.45, 2.75) is 0 Å². The van der Waals surface area contributed by atoms with Crippen molar-refractivity contribution in [2.75, 3.05) is 43.5 Å². The number of carbonyl (C=O) groups excluding carboxylic acids is 1. The number of hydrogen-bond donors (Lipinski definition) is 3. The van der Waals surface area contributed by atoms with Gasteiger partial charge < -0.3 is 25.4 Å². The Morgan fingerprint density at radius 1 is 1.28 bits per heavy atom. The van der Waals surface area contributed by atoms with E-state index in [1.807, 2.05) is 18.2 Å². The zero-order valence-corrected chi connectivity index (χ0v) is 18.2. The Bertz CT molecular complexity index is 1280. The monoisotopic (exact) mass is 450 g/mol. The lowest BCUT2D eigenvalue weighted by molar-refractivity contribution is 0.102. The van der Waals surface area contributed by atoms with E-state index in [0.717, 1.165) is 37.3 Å². The molecular weight excluding hydrogens is 428 g/mol. The molecular formula is C22H22N6O3S. The first-order chi connectivity index (χ1) is 15.6. The molecule has 1 amide bonds. The molecule has 0 bridgehead atoms. The first kappa shape index (κ1) is 20.3. The van der Waals surface area contributed by atoms with Gasteiger partial charge in [0, 0.05) is 54.7 Å². The molecule has 1 aliphatic rings. The number of fused-ring (bicyclic) bond motifs is 1. The molecule has 1 fully saturated rings. The van der Waals surface area contributed by atoms with Gasteiger partial charge in [0.15, 0.2) is 10.8 Å². The third kappa shape index (κ3) is 3.74. The van der Waals surface area contributed by atoms with E-state index in [1.165, 1.54) is 11.3 Å². The van der Waals surface area contributed by atoms with Crippen LogP contribution in [0, 0.1) is 0 Å². The number of piperazine rings is 1. The number of ether oxygens (including phenoxy) is 1. The summed E-state index contributed by atoms with van der Waals surface area (Å²) in [5.41, 5.74) is 1.59. The lowest BCUT2D eigenvalue weighted by Crippen LogP contribution is -2.43. The fraction of sp³-hybridized carbons (Fsp3) is 0.227. The summed E-state index contributed by atoms with van der Waals surface area (Å²) in [6.45, 7) is 3.51. The van der Waals surface area contributed by atoms with Gasteiger partial charge in [-0.2, -0.15) is 0 Å². The van der Waals surface area contributed by atoms with Gasteiger partial charge >= 0.3 is 0 Å². The van der Waals surface area contributed by atoms with Crippen LogP contribution in [0.5, 0.6) is 11.6 Å². The number of aromatic nitrogens is 3. The minimum atomic E-state index is -0.316. The summed E-state index contributed by atoms with van der Waals surface area (Å²) >= 11 is 1.22. The van der Waals surface area contributed by atoms with Crippen molar-refractivity contribution >= 4 is 39.4 Å². The van der Waals surface area contributed by atoms with Gasteiger partial charge in [-0.3, -0.25) is 14.3 Å². The summed E-state index contributed by atoms with van der Waals surface area (Å²) in [4.78, 5) is 23.8. The molecule has 0 unspecified atom stereocenters. The van der Waals surface area contributed by atoms with Crippen molar-refractivity contribution < 1.29 is 14.6 Å². The largest absolute Gasteiger partial charge is 0.497 e. The second-order valence-electron chi connectivity index (χ2n) is 7.37. The normalized spacial score (nSPS) is 14.0. The maximum Gasteiger partial charge on any atom is 0.284 e. The zero-order valence-electron chi connectivity index (χ0n) is 17.4. The number of thiazole rings is 1. The third-order valence-electron chi connectivity index (χ3n) is 5.43. The lowest BCUT2D eigenvalue weighted by Gasteiger charge is -2.30. The number of nitrogens with zero attached hydrogens (tertiary/aromatic N) is 4. The Morgan fingerprint density at radius 2 is 2.12 bits per heavy atom. The highest BCUT2D eigenvalue weighted by atomic mass is 32.1. The molecule has 1 aromatic carbocycles. The second-order valence-corrected chi connectivity index (χ2v) is 8.23. The first-order valence-corrected chi connectivity index (χ1v) is 11.1. The summed E-state index contributed by atoms with van der Waals surface area (Å²) < 4.78 is 6.80. The van der Waals surface area contributed by atoms with E-state index in [2.05, 4.69) is 25.5 Å². The van der Waals surface area contributed by atoms with Gasteiger partial charge in [-0.05, 0) is 24.3 Å². The van der Waals surface area contributed by atoms with Crippen molar-refractivity contribution in [3.63, 3.8) is 0 Å². The molecule has 32 heavy (non-hydrogen) atoms. The number of hydrogen-bond acceptors (Lipinski definition) is 8. The number of anilines is 2. The molecule has 4 heterocycles. The first-order valence-electron chi connectivity index (χ1n) is 10.2. The van der Waals surface area contributed by atoms with Crippen molar-refractivity contribution in [1.29, 1.82) is 0 Å². The molecule has 164 valence electrons. The van der Waals surface area contributed by atoms with Gasteiger partial charge in [0.2, 0.25) is 5.88 Å². The Morgan fingerprint density at radius 3 is 2.94 bits per heavy atom. The van der Waals surface area contributed by atoms with E-state index in [9.17, 15) is 9.90 Å². The highest BCUT2D eigenvalue weighted by Crippen LogP contribution is 2.33. The van der Waals surface area contributed by atoms with Gasteiger partial charge in [-0.25, -0.2) is 4.98 Å². The molecule has 0 saturated carbocycles. The molecule has 1 aliphatic heterocycles. The third-order valence-corrected chi connectivity index (χ3v) is 6.26. The fourth-order valence-corrected chi connectivity index (χ4v) is 4.48. The van der Waals surface area contributed by atoms with Gasteiger partial charge in [0.25, 0.3) is 5.91 Å². The van der Waals surface area contributed by atoms with Crippen LogP contribution in [0.3, 0.4) is 0 Å². The number of aromatic hydroxyl groups is 1. The highest BCUT2D eigenvalue weighted by Gasteiger charge is 2.19. The summed E-state index contributed by atoms with van der Waals surface area (Å²) in [5, 5.41) is 20.5. The molecule has 1 saturated heterocycles. The minimum absolute atomic E-state index is 0.0458. The SMILES string of the molecule is COc1ccc2cn(-c3csc(C(=O)Nc4cnccc4N4CCNCC4)n3)c(O)c2c1. The maximum atomic E-state index is 12.9. The van der Waals surface area contributed by atoms with Gasteiger partial charge in [0.1, 0.15) is 5.75 Å². The van der Waals surface area contributed by atoms with Crippen LogP contribution in [0.4, 0.5) is 11.4 Å². The summed E-state index contributed by atoms with van der Waals surface area (Å²) in [6, 6.07) is 7.37. The second kappa shape index (κ2) is 8.48. The molecule has 3 aromatic heterocycles. The molecule has 10 heteroatoms. The molecule has 0 aliphatic carbocycles. The van der Waals surface area contributed by atoms with E-state index >= 15 is 0 Å². The van der Waals surface area contributed by atoms with E-state index in [1.54, 1.807) is 41.7 Å². The Kier molecular flexibility index (Phi) is 5.38. The highest BCUT2D eigenvalue weighted by molar-refractivity contribution is 7.12. The Labute approximate surface area is 188 Å². The molecule has 3 N–H and O–H groups in total. The van der Waals surface area contributed by atoms with Crippen LogP contribution in [0.25, 0.3) is 16.6 Å². The average Bonchev–Trinajstić information content (AvgIpc) is 3.45. The lowest BCUT2D eigenvalue weighted by atomic mass is 10.2. The molecule has 0 spiro atoms. The van der Waals surface area contributed by atoms with Crippen LogP contribution >= 0.6 is 11.3 Å². The predicted octanol–water partition coefficient (Wildman–Crippen LogP) is 2.86. The van der Waals surface area contributed by atoms with E-state index < -0.39 is 0 Å². The van der Waals surface area contributed by atoms with Crippen LogP contribution in [-0.2, 0) is 0 Å². The van der Waals surface area contributed by atoms with Crippen molar-refractivity contribution in [1.82, 2.24) is 19.9 Å². The minimum Gasteiger partial charge on any atom is -0.497 e. The number of methoxy groups -OCH3 is 1. The van der Waals surface area contributed by atoms with Crippen LogP contribution in [0.2, 0.25) is 0 Å². The van der Waals surface area contributed by atoms with Crippen LogP contribution < -0.4 is 20.3 Å². The van der Waals surface area contributed by atoms with E-state index in [0.29, 0.717) is 27.6 Å². The van der Waals surface area contributed by atoms with Gasteiger partial charge in [-0.15, -0.1) is 11.3 Å². The number of pyridine rings is 1. The number of carbonyl (C=O) groups is 1. The summed E-state index contributed by atoms with van der Waals surface area (Å²) in [5.74, 6) is 0.856. The number of benzene rings is 1. The van der Waals surface area contributed by atoms with E-state index in [-0.39, 0.29) is 11.8 Å². The average molecular weight is 451 g/mol. The predicted molar refractivity (Wildman–Crippen MR) is 124 cm³/mol. The van der Waals surface area contributed by atoms with Gasteiger partial charge in [0.05, 0.1) is 24.7 Å². The van der Waals surface area contributed by atoms with Crippen molar-refractivity contribution in [3.05, 3.63) is 53.2 Å². The number of rotatable bonds is 5. The molecule has 9 nitrogen and oxygen atoms in total. The number of nitrogens with one attached hydrogen (secondary N) is 2. The Hall–Kier alpha value is -3.63. The van der Waals surface area contributed by atoms with Gasteiger partial charge in [-0.1, -0.05) is 0 Å². The van der Waals surface area contributed by atoms with Crippen LogP contribution in [0.1, 0.15) is 9.80 Å². The molecule has 5 rings (SSSR count). The standard InChI is InChI=1S/C22H22N6O3S/c1-31-15-3-2-14-12-28(22(30)16(14)10-15)19-13-32-21(26-19)20(29)25-17-11-24-5-4-18(17)27-8-6-23-7-9-27/h2-5,10-13,23,30H,6-9H2,1H3,(H,25,29). The number of amides is 1. The fourth-order valence-electron chi connectivity index (χ4n) is 3.79. The molecule has 4 aromatic rings. The molecule has 0 radical (unpaired) electrons. The topological polar surface area (TPSA) is 105 Å². The summed E-state index contributed by atoms with van der Waals surface area (Å²) in [6.07, 6.45) is 5.16. The quantitative estimate of drug-likeness (QED) is 0.429. The van der Waals surface area contributed by atoms with Crippen LogP contribution in [0.15, 0.2) is 48.2 Å². The van der Waals surface area contributed by atoms with E-state index in [4.69, 9.17) is 4.74 Å². The zero-order chi connectivity index (χ0) is 22.1. The van der Waals surface area contributed by atoms with Crippen molar-refractivity contribution in [2.24, 2.45) is 0 Å². The van der Waals surface area contributed by atoms with Crippen LogP contribution in [-0.4, -0.2) is 58.8 Å². The Balaban J connectivity index is 1.39. The maximum absolute atomic E-state index is 12.9.